The van der Waals surface area contributed by atoms with Crippen molar-refractivity contribution in [3.63, 3.8) is 0 Å². The second-order valence-electron chi connectivity index (χ2n) is 5.01. The molecule has 2 fully saturated rings. The van der Waals surface area contributed by atoms with Gasteiger partial charge in [-0.05, 0) is 0 Å². The third-order valence-electron chi connectivity index (χ3n) is 4.09. The zero-order valence-corrected chi connectivity index (χ0v) is 10.8. The quantitative estimate of drug-likeness (QED) is 0.469. The van der Waals surface area contributed by atoms with Crippen LogP contribution >= 0.6 is 0 Å². The first kappa shape index (κ1) is 13.9. The molecule has 1 aliphatic heterocycles. The average molecular weight is 260 g/mol. The largest absolute Gasteiger partial charge is 0.394 e. The molecule has 0 amide bonds. The minimum Gasteiger partial charge on any atom is -0.394 e. The summed E-state index contributed by atoms with van der Waals surface area (Å²) in [5.41, 5.74) is -0.576. The lowest BCUT2D eigenvalue weighted by Gasteiger charge is -2.41. The van der Waals surface area contributed by atoms with Gasteiger partial charge in [0.05, 0.1) is 25.4 Å². The number of nitrogens with one attached hydrogen (secondary N) is 1. The maximum absolute atomic E-state index is 10.4. The minimum absolute atomic E-state index is 0.0658. The first-order valence-electron chi connectivity index (χ1n) is 6.15. The van der Waals surface area contributed by atoms with E-state index in [1.807, 2.05) is 0 Å². The molecule has 6 heteroatoms. The van der Waals surface area contributed by atoms with Crippen LogP contribution in [-0.2, 0) is 14.2 Å². The molecule has 6 atom stereocenters. The molecule has 4 unspecified atom stereocenters. The molecule has 0 radical (unpaired) electrons. The van der Waals surface area contributed by atoms with E-state index in [1.165, 1.54) is 0 Å². The Kier molecular flexibility index (Phi) is 4.03. The van der Waals surface area contributed by atoms with Crippen LogP contribution in [0.4, 0.5) is 0 Å². The molecule has 1 aliphatic carbocycles. The Morgan fingerprint density at radius 2 is 2.22 bits per heavy atom. The van der Waals surface area contributed by atoms with E-state index in [1.54, 1.807) is 14.2 Å². The Bertz CT molecular complexity index is 313. The van der Waals surface area contributed by atoms with E-state index in [-0.39, 0.29) is 24.7 Å². The summed E-state index contributed by atoms with van der Waals surface area (Å²) in [6.45, 7) is 3.85. The van der Waals surface area contributed by atoms with E-state index >= 15 is 0 Å². The normalized spacial score (nSPS) is 47.2. The lowest BCUT2D eigenvalue weighted by Crippen LogP contribution is -2.86. The van der Waals surface area contributed by atoms with Gasteiger partial charge in [-0.2, -0.15) is 0 Å². The van der Waals surface area contributed by atoms with Gasteiger partial charge in [-0.1, -0.05) is 0 Å². The molecular weight excluding hydrogens is 238 g/mol. The summed E-state index contributed by atoms with van der Waals surface area (Å²) in [5.74, 6) is -0.275. The Hall–Kier alpha value is -0.530. The van der Waals surface area contributed by atoms with E-state index in [2.05, 4.69) is 11.7 Å². The van der Waals surface area contributed by atoms with E-state index in [4.69, 9.17) is 14.2 Å². The van der Waals surface area contributed by atoms with Crippen molar-refractivity contribution in [2.45, 2.75) is 36.4 Å². The number of aliphatic hydroxyl groups is 2. The van der Waals surface area contributed by atoms with Crippen LogP contribution in [0.1, 0.15) is 6.42 Å². The number of rotatable bonds is 5. The van der Waals surface area contributed by atoms with Crippen molar-refractivity contribution in [1.29, 1.82) is 0 Å². The van der Waals surface area contributed by atoms with Gasteiger partial charge < -0.3 is 24.4 Å². The molecule has 2 rings (SSSR count). The molecule has 1 spiro atoms. The molecule has 6 nitrogen and oxygen atoms in total. The minimum atomic E-state index is -0.687. The van der Waals surface area contributed by atoms with Crippen molar-refractivity contribution >= 4 is 6.72 Å². The van der Waals surface area contributed by atoms with Gasteiger partial charge in [-0.15, -0.1) is 0 Å². The van der Waals surface area contributed by atoms with Crippen LogP contribution < -0.4 is 4.99 Å². The molecule has 3 N–H and O–H groups in total. The summed E-state index contributed by atoms with van der Waals surface area (Å²) in [7, 11) is 3.18. The second kappa shape index (κ2) is 5.22. The van der Waals surface area contributed by atoms with Crippen molar-refractivity contribution in [3.8, 4) is 0 Å². The summed E-state index contributed by atoms with van der Waals surface area (Å²) in [6.07, 6.45) is -0.494. The van der Waals surface area contributed by atoms with Crippen LogP contribution in [-0.4, -0.2) is 74.3 Å². The summed E-state index contributed by atoms with van der Waals surface area (Å²) in [5, 5.41) is 19.8. The lowest BCUT2D eigenvalue weighted by atomic mass is 9.84. The molecule has 0 bridgehead atoms. The molecule has 0 aromatic carbocycles. The molecular formula is C12H22NO5+. The molecule has 104 valence electrons. The van der Waals surface area contributed by atoms with Gasteiger partial charge in [0.1, 0.15) is 12.8 Å². The third kappa shape index (κ3) is 1.98. The Morgan fingerprint density at radius 1 is 1.50 bits per heavy atom. The molecule has 0 aromatic rings. The second-order valence-corrected chi connectivity index (χ2v) is 5.01. The predicted octanol–water partition coefficient (Wildman–Crippen LogP) is -2.69. The highest BCUT2D eigenvalue weighted by atomic mass is 16.6. The standard InChI is InChI=1S/C12H21NO5/c1-13-11-10(15)7(6-16-2)8(5-14)18-12(11)4-9(12)17-3/h7-11,14-15H,1,4-6H2,2-3H3/p+1/t7?,8-,9?,10+,11?,12?/m1/s1. The molecule has 2 aliphatic rings. The van der Waals surface area contributed by atoms with Crippen LogP contribution in [0, 0.1) is 5.92 Å². The van der Waals surface area contributed by atoms with Gasteiger partial charge in [0.15, 0.2) is 5.60 Å². The third-order valence-corrected chi connectivity index (χ3v) is 4.09. The van der Waals surface area contributed by atoms with Crippen molar-refractivity contribution in [2.75, 3.05) is 27.4 Å². The number of methoxy groups -OCH3 is 2. The topological polar surface area (TPSA) is 82.1 Å². The van der Waals surface area contributed by atoms with Gasteiger partial charge >= 0.3 is 0 Å². The Labute approximate surface area is 107 Å². The average Bonchev–Trinajstić information content (AvgIpc) is 3.07. The molecule has 1 saturated heterocycles. The summed E-state index contributed by atoms with van der Waals surface area (Å²) in [4.78, 5) is 2.86. The maximum Gasteiger partial charge on any atom is 0.207 e. The molecule has 1 heterocycles. The Morgan fingerprint density at radius 3 is 2.67 bits per heavy atom. The van der Waals surface area contributed by atoms with E-state index in [0.29, 0.717) is 13.0 Å². The lowest BCUT2D eigenvalue weighted by molar-refractivity contribution is -0.543. The first-order valence-corrected chi connectivity index (χ1v) is 6.15. The predicted molar refractivity (Wildman–Crippen MR) is 63.3 cm³/mol. The molecule has 0 aromatic heterocycles. The smallest absolute Gasteiger partial charge is 0.207 e. The van der Waals surface area contributed by atoms with Gasteiger partial charge in [0, 0.05) is 26.6 Å². The zero-order chi connectivity index (χ0) is 13.3. The number of aliphatic hydroxyl groups excluding tert-OH is 2. The van der Waals surface area contributed by atoms with E-state index in [9.17, 15) is 10.2 Å². The van der Waals surface area contributed by atoms with E-state index < -0.39 is 17.8 Å². The van der Waals surface area contributed by atoms with Crippen LogP contribution in [0.3, 0.4) is 0 Å². The van der Waals surface area contributed by atoms with Gasteiger partial charge in [-0.3, -0.25) is 0 Å². The van der Waals surface area contributed by atoms with Crippen LogP contribution in [0.25, 0.3) is 0 Å². The summed E-state index contributed by atoms with van der Waals surface area (Å²) >= 11 is 0. The Balaban J connectivity index is 2.20. The van der Waals surface area contributed by atoms with Gasteiger partial charge in [-0.25, -0.2) is 4.99 Å². The maximum atomic E-state index is 10.4. The summed E-state index contributed by atoms with van der Waals surface area (Å²) < 4.78 is 16.4. The van der Waals surface area contributed by atoms with Gasteiger partial charge in [0.2, 0.25) is 6.04 Å². The van der Waals surface area contributed by atoms with Crippen molar-refractivity contribution in [1.82, 2.24) is 0 Å². The zero-order valence-electron chi connectivity index (χ0n) is 10.8. The SMILES string of the molecule is C=[NH+]C1[C@@H](O)C(COC)[C@@H](CO)OC12CC2OC. The fourth-order valence-electron chi connectivity index (χ4n) is 3.03. The highest BCUT2D eigenvalue weighted by Crippen LogP contribution is 2.50. The van der Waals surface area contributed by atoms with E-state index in [0.717, 1.165) is 0 Å². The summed E-state index contributed by atoms with van der Waals surface area (Å²) in [6, 6.07) is -0.314. The van der Waals surface area contributed by atoms with Crippen LogP contribution in [0.2, 0.25) is 0 Å². The van der Waals surface area contributed by atoms with Crippen molar-refractivity contribution < 1.29 is 29.4 Å². The molecule has 18 heavy (non-hydrogen) atoms. The first-order chi connectivity index (χ1) is 8.64. The highest BCUT2D eigenvalue weighted by Gasteiger charge is 2.71. The monoisotopic (exact) mass is 260 g/mol. The van der Waals surface area contributed by atoms with Gasteiger partial charge in [0.25, 0.3) is 0 Å². The van der Waals surface area contributed by atoms with Crippen LogP contribution in [0.15, 0.2) is 0 Å². The van der Waals surface area contributed by atoms with Crippen molar-refractivity contribution in [2.24, 2.45) is 5.92 Å². The fourth-order valence-corrected chi connectivity index (χ4v) is 3.03. The number of hydrogen-bond donors (Lipinski definition) is 3. The number of hydrogen-bond acceptors (Lipinski definition) is 5. The molecule has 1 saturated carbocycles. The number of ether oxygens (including phenoxy) is 3. The fraction of sp³-hybridized carbons (Fsp3) is 0.917. The van der Waals surface area contributed by atoms with Crippen LogP contribution in [0.5, 0.6) is 0 Å². The highest BCUT2D eigenvalue weighted by molar-refractivity contribution is 5.20. The van der Waals surface area contributed by atoms with Crippen molar-refractivity contribution in [3.05, 3.63) is 0 Å².